The Morgan fingerprint density at radius 2 is 1.53 bits per heavy atom. The molecule has 0 atom stereocenters. The van der Waals surface area contributed by atoms with Crippen molar-refractivity contribution in [3.63, 3.8) is 0 Å². The van der Waals surface area contributed by atoms with Gasteiger partial charge >= 0.3 is 0 Å². The summed E-state index contributed by atoms with van der Waals surface area (Å²) in [6, 6.07) is 8.23. The van der Waals surface area contributed by atoms with Crippen molar-refractivity contribution in [2.75, 3.05) is 7.11 Å². The molecule has 0 fully saturated rings. The minimum absolute atomic E-state index is 0.859. The SMILES string of the molecule is COc1ccc2c(Br)c(C)ccc2c1Br. The molecule has 0 amide bonds. The molecular weight excluding hydrogens is 320 g/mol. The van der Waals surface area contributed by atoms with Crippen LogP contribution < -0.4 is 4.74 Å². The first kappa shape index (κ1) is 11.0. The highest BCUT2D eigenvalue weighted by Gasteiger charge is 2.08. The second-order valence-electron chi connectivity index (χ2n) is 3.37. The van der Waals surface area contributed by atoms with E-state index in [1.807, 2.05) is 6.07 Å². The van der Waals surface area contributed by atoms with E-state index in [-0.39, 0.29) is 0 Å². The first-order valence-corrected chi connectivity index (χ1v) is 6.15. The second-order valence-corrected chi connectivity index (χ2v) is 4.96. The number of hydrogen-bond acceptors (Lipinski definition) is 1. The van der Waals surface area contributed by atoms with Gasteiger partial charge in [-0.25, -0.2) is 0 Å². The number of halogens is 2. The Kier molecular flexibility index (Phi) is 3.03. The van der Waals surface area contributed by atoms with Crippen LogP contribution >= 0.6 is 31.9 Å². The van der Waals surface area contributed by atoms with Gasteiger partial charge in [-0.05, 0) is 61.9 Å². The zero-order valence-electron chi connectivity index (χ0n) is 8.47. The molecule has 0 radical (unpaired) electrons. The lowest BCUT2D eigenvalue weighted by Gasteiger charge is -2.09. The number of rotatable bonds is 1. The van der Waals surface area contributed by atoms with Crippen LogP contribution in [0.15, 0.2) is 33.2 Å². The average molecular weight is 330 g/mol. The first-order valence-electron chi connectivity index (χ1n) is 4.56. The summed E-state index contributed by atoms with van der Waals surface area (Å²) in [5.41, 5.74) is 1.24. The predicted octanol–water partition coefficient (Wildman–Crippen LogP) is 4.68. The van der Waals surface area contributed by atoms with Crippen LogP contribution in [0.1, 0.15) is 5.56 Å². The predicted molar refractivity (Wildman–Crippen MR) is 70.6 cm³/mol. The molecule has 0 aromatic heterocycles. The second kappa shape index (κ2) is 4.14. The Labute approximate surface area is 106 Å². The normalized spacial score (nSPS) is 10.7. The number of benzene rings is 2. The molecule has 0 bridgehead atoms. The molecule has 0 saturated heterocycles. The Balaban J connectivity index is 2.85. The van der Waals surface area contributed by atoms with Crippen LogP contribution in [0.3, 0.4) is 0 Å². The third kappa shape index (κ3) is 1.79. The van der Waals surface area contributed by atoms with Crippen LogP contribution in [0.2, 0.25) is 0 Å². The topological polar surface area (TPSA) is 9.23 Å². The molecule has 2 rings (SSSR count). The van der Waals surface area contributed by atoms with E-state index in [1.54, 1.807) is 7.11 Å². The van der Waals surface area contributed by atoms with Crippen LogP contribution in [0.4, 0.5) is 0 Å². The molecule has 2 aromatic carbocycles. The van der Waals surface area contributed by atoms with Gasteiger partial charge in [0.15, 0.2) is 0 Å². The number of methoxy groups -OCH3 is 1. The molecule has 1 nitrogen and oxygen atoms in total. The molecule has 0 N–H and O–H groups in total. The molecule has 15 heavy (non-hydrogen) atoms. The van der Waals surface area contributed by atoms with Crippen molar-refractivity contribution < 1.29 is 4.74 Å². The molecule has 0 aliphatic heterocycles. The molecule has 0 aliphatic rings. The number of ether oxygens (including phenoxy) is 1. The van der Waals surface area contributed by atoms with Gasteiger partial charge in [0.2, 0.25) is 0 Å². The molecule has 0 saturated carbocycles. The van der Waals surface area contributed by atoms with Crippen LogP contribution in [-0.2, 0) is 0 Å². The van der Waals surface area contributed by atoms with Crippen LogP contribution in [0, 0.1) is 6.92 Å². The first-order chi connectivity index (χ1) is 7.15. The smallest absolute Gasteiger partial charge is 0.133 e. The van der Waals surface area contributed by atoms with Gasteiger partial charge in [0.25, 0.3) is 0 Å². The van der Waals surface area contributed by atoms with Gasteiger partial charge in [0.1, 0.15) is 5.75 Å². The number of aryl methyl sites for hydroxylation is 1. The maximum absolute atomic E-state index is 5.26. The van der Waals surface area contributed by atoms with E-state index in [0.717, 1.165) is 20.1 Å². The van der Waals surface area contributed by atoms with E-state index in [9.17, 15) is 0 Å². The summed E-state index contributed by atoms with van der Waals surface area (Å²) in [5, 5.41) is 2.36. The van der Waals surface area contributed by atoms with Crippen molar-refractivity contribution in [3.05, 3.63) is 38.8 Å². The van der Waals surface area contributed by atoms with Crippen LogP contribution in [0.5, 0.6) is 5.75 Å². The zero-order valence-corrected chi connectivity index (χ0v) is 11.6. The lowest BCUT2D eigenvalue weighted by Crippen LogP contribution is -1.87. The molecule has 0 unspecified atom stereocenters. The minimum atomic E-state index is 0.859. The Bertz CT molecular complexity index is 521. The monoisotopic (exact) mass is 328 g/mol. The van der Waals surface area contributed by atoms with Gasteiger partial charge in [-0.15, -0.1) is 0 Å². The van der Waals surface area contributed by atoms with Crippen molar-refractivity contribution in [2.45, 2.75) is 6.92 Å². The van der Waals surface area contributed by atoms with E-state index in [4.69, 9.17) is 4.74 Å². The van der Waals surface area contributed by atoms with Gasteiger partial charge in [0.05, 0.1) is 11.6 Å². The van der Waals surface area contributed by atoms with E-state index < -0.39 is 0 Å². The summed E-state index contributed by atoms with van der Waals surface area (Å²) in [6.45, 7) is 2.08. The van der Waals surface area contributed by atoms with Crippen molar-refractivity contribution in [1.29, 1.82) is 0 Å². The van der Waals surface area contributed by atoms with Crippen LogP contribution in [0.25, 0.3) is 10.8 Å². The van der Waals surface area contributed by atoms with Gasteiger partial charge in [0, 0.05) is 9.86 Å². The van der Waals surface area contributed by atoms with Crippen molar-refractivity contribution in [1.82, 2.24) is 0 Å². The largest absolute Gasteiger partial charge is 0.496 e. The van der Waals surface area contributed by atoms with E-state index in [1.165, 1.54) is 10.9 Å². The summed E-state index contributed by atoms with van der Waals surface area (Å²) in [6.07, 6.45) is 0. The molecule has 0 spiro atoms. The van der Waals surface area contributed by atoms with Crippen LogP contribution in [-0.4, -0.2) is 7.11 Å². The summed E-state index contributed by atoms with van der Waals surface area (Å²) in [5.74, 6) is 0.859. The zero-order chi connectivity index (χ0) is 11.0. The van der Waals surface area contributed by atoms with Crippen molar-refractivity contribution in [3.8, 4) is 5.75 Å². The van der Waals surface area contributed by atoms with Gasteiger partial charge in [-0.1, -0.05) is 12.1 Å². The third-order valence-electron chi connectivity index (χ3n) is 2.45. The minimum Gasteiger partial charge on any atom is -0.496 e. The lowest BCUT2D eigenvalue weighted by atomic mass is 10.1. The fraction of sp³-hybridized carbons (Fsp3) is 0.167. The quantitative estimate of drug-likeness (QED) is 0.738. The van der Waals surface area contributed by atoms with E-state index >= 15 is 0 Å². The third-order valence-corrected chi connectivity index (χ3v) is 4.32. The highest BCUT2D eigenvalue weighted by Crippen LogP contribution is 2.37. The standard InChI is InChI=1S/C12H10Br2O/c1-7-3-4-9-8(11(7)13)5-6-10(15-2)12(9)14/h3-6H,1-2H3. The average Bonchev–Trinajstić information content (AvgIpc) is 2.24. The fourth-order valence-corrected chi connectivity index (χ4v) is 2.70. The van der Waals surface area contributed by atoms with Crippen molar-refractivity contribution in [2.24, 2.45) is 0 Å². The van der Waals surface area contributed by atoms with Gasteiger partial charge in [-0.2, -0.15) is 0 Å². The number of hydrogen-bond donors (Lipinski definition) is 0. The lowest BCUT2D eigenvalue weighted by molar-refractivity contribution is 0.413. The molecule has 2 aromatic rings. The number of fused-ring (bicyclic) bond motifs is 1. The molecule has 0 aliphatic carbocycles. The van der Waals surface area contributed by atoms with E-state index in [2.05, 4.69) is 57.0 Å². The maximum Gasteiger partial charge on any atom is 0.133 e. The summed E-state index contributed by atoms with van der Waals surface area (Å²) < 4.78 is 7.41. The van der Waals surface area contributed by atoms with E-state index in [0.29, 0.717) is 0 Å². The molecule has 78 valence electrons. The fourth-order valence-electron chi connectivity index (χ4n) is 1.58. The molecular formula is C12H10Br2O. The summed E-state index contributed by atoms with van der Waals surface area (Å²) in [7, 11) is 1.68. The molecule has 3 heteroatoms. The highest BCUT2D eigenvalue weighted by atomic mass is 79.9. The van der Waals surface area contributed by atoms with Gasteiger partial charge < -0.3 is 4.74 Å². The Morgan fingerprint density at radius 1 is 0.933 bits per heavy atom. The van der Waals surface area contributed by atoms with Gasteiger partial charge in [-0.3, -0.25) is 0 Å². The molecule has 0 heterocycles. The van der Waals surface area contributed by atoms with Crippen molar-refractivity contribution >= 4 is 42.6 Å². The summed E-state index contributed by atoms with van der Waals surface area (Å²) in [4.78, 5) is 0. The Morgan fingerprint density at radius 3 is 2.20 bits per heavy atom. The maximum atomic E-state index is 5.26. The Hall–Kier alpha value is -0.540. The summed E-state index contributed by atoms with van der Waals surface area (Å²) >= 11 is 7.15. The highest BCUT2D eigenvalue weighted by molar-refractivity contribution is 9.11.